The third kappa shape index (κ3) is 5.52. The largest absolute Gasteiger partial charge is 0.343 e. The fourth-order valence-electron chi connectivity index (χ4n) is 3.80. The summed E-state index contributed by atoms with van der Waals surface area (Å²) >= 11 is 0. The molecule has 0 spiro atoms. The molecule has 31 heavy (non-hydrogen) atoms. The summed E-state index contributed by atoms with van der Waals surface area (Å²) in [5.41, 5.74) is 4.20. The molecule has 6 heteroatoms. The van der Waals surface area contributed by atoms with Gasteiger partial charge in [-0.2, -0.15) is 0 Å². The minimum Gasteiger partial charge on any atom is -0.343 e. The number of amides is 1. The van der Waals surface area contributed by atoms with Gasteiger partial charge in [0.25, 0.3) is 0 Å². The molecular formula is C25H28N2O3S. The minimum atomic E-state index is -3.69. The molecule has 0 saturated heterocycles. The van der Waals surface area contributed by atoms with Crippen LogP contribution in [0.1, 0.15) is 35.2 Å². The maximum absolute atomic E-state index is 13.3. The lowest BCUT2D eigenvalue weighted by atomic mass is 9.98. The topological polar surface area (TPSA) is 66.5 Å². The maximum atomic E-state index is 13.3. The number of nitrogens with one attached hydrogen (secondary N) is 1. The zero-order chi connectivity index (χ0) is 22.6. The van der Waals surface area contributed by atoms with Gasteiger partial charge in [-0.05, 0) is 55.2 Å². The van der Waals surface area contributed by atoms with Crippen LogP contribution in [0.25, 0.3) is 0 Å². The number of sulfonamides is 1. The highest BCUT2D eigenvalue weighted by Gasteiger charge is 2.31. The van der Waals surface area contributed by atoms with Crippen LogP contribution in [0.15, 0.2) is 78.9 Å². The summed E-state index contributed by atoms with van der Waals surface area (Å²) in [4.78, 5) is 13.3. The molecule has 3 rings (SSSR count). The molecule has 1 atom stereocenters. The summed E-state index contributed by atoms with van der Waals surface area (Å²) in [5, 5.41) is 3.06. The Bertz CT molecular complexity index is 1090. The Morgan fingerprint density at radius 1 is 0.839 bits per heavy atom. The van der Waals surface area contributed by atoms with Gasteiger partial charge in [-0.15, -0.1) is 0 Å². The zero-order valence-electron chi connectivity index (χ0n) is 18.2. The van der Waals surface area contributed by atoms with Crippen LogP contribution >= 0.6 is 0 Å². The average Bonchev–Trinajstić information content (AvgIpc) is 2.71. The fraction of sp³-hybridized carbons (Fsp3) is 0.240. The summed E-state index contributed by atoms with van der Waals surface area (Å²) in [6.07, 6.45) is 1.13. The number of rotatable bonds is 7. The number of carbonyl (C=O) groups is 1. The second kappa shape index (κ2) is 9.35. The normalized spacial score (nSPS) is 12.4. The van der Waals surface area contributed by atoms with Crippen LogP contribution in [0.2, 0.25) is 0 Å². The molecule has 0 heterocycles. The van der Waals surface area contributed by atoms with Gasteiger partial charge in [-0.3, -0.25) is 9.10 Å². The molecule has 0 bridgehead atoms. The van der Waals surface area contributed by atoms with Gasteiger partial charge in [0.05, 0.1) is 18.0 Å². The van der Waals surface area contributed by atoms with E-state index in [1.807, 2.05) is 80.6 Å². The molecule has 0 aromatic heterocycles. The average molecular weight is 437 g/mol. The molecule has 0 aliphatic rings. The molecule has 3 aromatic rings. The van der Waals surface area contributed by atoms with E-state index in [0.29, 0.717) is 5.69 Å². The van der Waals surface area contributed by atoms with Gasteiger partial charge in [0.2, 0.25) is 15.9 Å². The molecule has 0 unspecified atom stereocenters. The molecule has 0 aliphatic carbocycles. The number of nitrogens with zero attached hydrogens (tertiary/aromatic N) is 1. The summed E-state index contributed by atoms with van der Waals surface area (Å²) in [7, 11) is -3.69. The summed E-state index contributed by atoms with van der Waals surface area (Å²) in [6, 6.07) is 23.5. The van der Waals surface area contributed by atoms with Crippen LogP contribution < -0.4 is 9.62 Å². The molecule has 162 valence electrons. The summed E-state index contributed by atoms with van der Waals surface area (Å²) in [6.45, 7) is 5.42. The van der Waals surface area contributed by atoms with Gasteiger partial charge in [0.1, 0.15) is 6.04 Å². The predicted octanol–water partition coefficient (Wildman–Crippen LogP) is 4.36. The molecule has 5 nitrogen and oxygen atoms in total. The van der Waals surface area contributed by atoms with Crippen LogP contribution in [-0.4, -0.2) is 26.6 Å². The van der Waals surface area contributed by atoms with Crippen molar-refractivity contribution in [2.45, 2.75) is 32.9 Å². The van der Waals surface area contributed by atoms with Gasteiger partial charge in [0.15, 0.2) is 0 Å². The van der Waals surface area contributed by atoms with E-state index in [4.69, 9.17) is 0 Å². The van der Waals surface area contributed by atoms with Crippen molar-refractivity contribution in [3.8, 4) is 0 Å². The van der Waals surface area contributed by atoms with E-state index >= 15 is 0 Å². The van der Waals surface area contributed by atoms with Crippen molar-refractivity contribution in [3.05, 3.63) is 101 Å². The van der Waals surface area contributed by atoms with Gasteiger partial charge >= 0.3 is 0 Å². The Labute approximate surface area is 184 Å². The standard InChI is InChI=1S/C25H28N2O3S/c1-18-15-19(2)17-23(16-18)27(31(4,29)30)20(3)25(28)26-24(21-11-7-5-8-12-21)22-13-9-6-10-14-22/h5-17,20,24H,1-4H3,(H,26,28)/t20-/m1/s1. The summed E-state index contributed by atoms with van der Waals surface area (Å²) in [5.74, 6) is -0.373. The number of anilines is 1. The van der Waals surface area contributed by atoms with E-state index in [1.165, 1.54) is 4.31 Å². The van der Waals surface area contributed by atoms with E-state index in [9.17, 15) is 13.2 Å². The van der Waals surface area contributed by atoms with Gasteiger partial charge < -0.3 is 5.32 Å². The molecule has 3 aromatic carbocycles. The van der Waals surface area contributed by atoms with E-state index in [-0.39, 0.29) is 5.91 Å². The van der Waals surface area contributed by atoms with Crippen molar-refractivity contribution in [1.82, 2.24) is 5.32 Å². The number of carbonyl (C=O) groups excluding carboxylic acids is 1. The lowest BCUT2D eigenvalue weighted by Gasteiger charge is -2.30. The Morgan fingerprint density at radius 3 is 1.71 bits per heavy atom. The molecule has 1 amide bonds. The molecule has 0 radical (unpaired) electrons. The lowest BCUT2D eigenvalue weighted by Crippen LogP contribution is -2.48. The van der Waals surface area contributed by atoms with Crippen molar-refractivity contribution < 1.29 is 13.2 Å². The first-order valence-electron chi connectivity index (χ1n) is 10.1. The number of aryl methyl sites for hydroxylation is 2. The fourth-order valence-corrected chi connectivity index (χ4v) is 4.96. The SMILES string of the molecule is Cc1cc(C)cc(N([C@H](C)C(=O)NC(c2ccccc2)c2ccccc2)S(C)(=O)=O)c1. The van der Waals surface area contributed by atoms with Gasteiger partial charge in [-0.1, -0.05) is 66.7 Å². The number of benzene rings is 3. The van der Waals surface area contributed by atoms with Crippen LogP contribution in [0, 0.1) is 13.8 Å². The number of hydrogen-bond acceptors (Lipinski definition) is 3. The highest BCUT2D eigenvalue weighted by molar-refractivity contribution is 7.92. The van der Waals surface area contributed by atoms with Gasteiger partial charge in [-0.25, -0.2) is 8.42 Å². The maximum Gasteiger partial charge on any atom is 0.244 e. The molecule has 0 fully saturated rings. The second-order valence-corrected chi connectivity index (χ2v) is 9.70. The Hall–Kier alpha value is -3.12. The Balaban J connectivity index is 1.96. The third-order valence-electron chi connectivity index (χ3n) is 5.10. The van der Waals surface area contributed by atoms with Crippen molar-refractivity contribution >= 4 is 21.6 Å². The van der Waals surface area contributed by atoms with E-state index in [2.05, 4.69) is 5.32 Å². The van der Waals surface area contributed by atoms with Crippen molar-refractivity contribution in [2.24, 2.45) is 0 Å². The molecular weight excluding hydrogens is 408 g/mol. The van der Waals surface area contributed by atoms with Crippen LogP contribution in [-0.2, 0) is 14.8 Å². The first-order chi connectivity index (χ1) is 14.7. The molecule has 1 N–H and O–H groups in total. The monoisotopic (exact) mass is 436 g/mol. The van der Waals surface area contributed by atoms with E-state index in [0.717, 1.165) is 28.5 Å². The minimum absolute atomic E-state index is 0.373. The summed E-state index contributed by atoms with van der Waals surface area (Å²) < 4.78 is 26.5. The second-order valence-electron chi connectivity index (χ2n) is 7.84. The van der Waals surface area contributed by atoms with Crippen molar-refractivity contribution in [1.29, 1.82) is 0 Å². The molecule has 0 saturated carbocycles. The van der Waals surface area contributed by atoms with Gasteiger partial charge in [0, 0.05) is 0 Å². The lowest BCUT2D eigenvalue weighted by molar-refractivity contribution is -0.122. The highest BCUT2D eigenvalue weighted by atomic mass is 32.2. The predicted molar refractivity (Wildman–Crippen MR) is 126 cm³/mol. The molecule has 0 aliphatic heterocycles. The van der Waals surface area contributed by atoms with E-state index < -0.39 is 22.1 Å². The Kier molecular flexibility index (Phi) is 6.81. The quantitative estimate of drug-likeness (QED) is 0.598. The van der Waals surface area contributed by atoms with Crippen LogP contribution in [0.5, 0.6) is 0 Å². The number of hydrogen-bond donors (Lipinski definition) is 1. The van der Waals surface area contributed by atoms with Crippen LogP contribution in [0.3, 0.4) is 0 Å². The van der Waals surface area contributed by atoms with Crippen LogP contribution in [0.4, 0.5) is 5.69 Å². The zero-order valence-corrected chi connectivity index (χ0v) is 19.1. The first kappa shape index (κ1) is 22.6. The van der Waals surface area contributed by atoms with Crippen molar-refractivity contribution in [2.75, 3.05) is 10.6 Å². The smallest absolute Gasteiger partial charge is 0.244 e. The Morgan fingerprint density at radius 2 is 1.29 bits per heavy atom. The highest BCUT2D eigenvalue weighted by Crippen LogP contribution is 2.26. The van der Waals surface area contributed by atoms with Crippen molar-refractivity contribution in [3.63, 3.8) is 0 Å². The van der Waals surface area contributed by atoms with E-state index in [1.54, 1.807) is 19.1 Å². The third-order valence-corrected chi connectivity index (χ3v) is 6.34. The first-order valence-corrected chi connectivity index (χ1v) is 12.0.